The average molecular weight is 344 g/mol. The van der Waals surface area contributed by atoms with E-state index in [-0.39, 0.29) is 0 Å². The molecule has 0 aromatic carbocycles. The van der Waals surface area contributed by atoms with Crippen LogP contribution in [-0.2, 0) is 4.79 Å². The van der Waals surface area contributed by atoms with Crippen LogP contribution in [0.15, 0.2) is 11.1 Å². The minimum atomic E-state index is 0.362. The summed E-state index contributed by atoms with van der Waals surface area (Å²) in [5.41, 5.74) is 0. The maximum Gasteiger partial charge on any atom is 0.222 e. The van der Waals surface area contributed by atoms with Crippen molar-refractivity contribution in [2.75, 3.05) is 52.9 Å². The molecule has 20 heavy (non-hydrogen) atoms. The number of nitrogens with zero attached hydrogens (tertiary/aromatic N) is 3. The number of hydrogen-bond acceptors (Lipinski definition) is 3. The van der Waals surface area contributed by atoms with Crippen molar-refractivity contribution in [3.63, 3.8) is 0 Å². The molecule has 0 atom stereocenters. The summed E-state index contributed by atoms with van der Waals surface area (Å²) < 4.78 is 1.05. The van der Waals surface area contributed by atoms with Gasteiger partial charge in [-0.1, -0.05) is 22.5 Å². The van der Waals surface area contributed by atoms with Gasteiger partial charge < -0.3 is 9.80 Å². The van der Waals surface area contributed by atoms with Gasteiger partial charge in [-0.3, -0.25) is 9.69 Å². The Hall–Kier alpha value is -0.390. The summed E-state index contributed by atoms with van der Waals surface area (Å²) in [6, 6.07) is 0. The Morgan fingerprint density at radius 1 is 1.15 bits per heavy atom. The van der Waals surface area contributed by atoms with Crippen molar-refractivity contribution in [1.29, 1.82) is 0 Å². The molecule has 2 fully saturated rings. The first-order valence-electron chi connectivity index (χ1n) is 7.56. The van der Waals surface area contributed by atoms with Crippen LogP contribution in [0.2, 0.25) is 0 Å². The summed E-state index contributed by atoms with van der Waals surface area (Å²) in [5.74, 6) is 0.934. The van der Waals surface area contributed by atoms with Crippen LogP contribution in [0.4, 0.5) is 0 Å². The SMILES string of the molecule is C=C(Br)CN1CCC(CC(=O)N2CCN(C)CC2)CC1. The number of piperidine rings is 1. The van der Waals surface area contributed by atoms with Crippen LogP contribution in [0, 0.1) is 5.92 Å². The zero-order chi connectivity index (χ0) is 14.5. The minimum Gasteiger partial charge on any atom is -0.340 e. The van der Waals surface area contributed by atoms with Crippen molar-refractivity contribution in [1.82, 2.24) is 14.7 Å². The molecule has 0 aromatic heterocycles. The molecule has 4 nitrogen and oxygen atoms in total. The van der Waals surface area contributed by atoms with Crippen LogP contribution >= 0.6 is 15.9 Å². The topological polar surface area (TPSA) is 26.8 Å². The van der Waals surface area contributed by atoms with E-state index >= 15 is 0 Å². The quantitative estimate of drug-likeness (QED) is 0.778. The second-order valence-corrected chi connectivity index (χ2v) is 7.25. The summed E-state index contributed by atoms with van der Waals surface area (Å²) in [6.07, 6.45) is 3.02. The summed E-state index contributed by atoms with van der Waals surface area (Å²) >= 11 is 3.42. The Morgan fingerprint density at radius 3 is 2.30 bits per heavy atom. The monoisotopic (exact) mass is 343 g/mol. The van der Waals surface area contributed by atoms with E-state index in [4.69, 9.17) is 0 Å². The summed E-state index contributed by atoms with van der Waals surface area (Å²) in [4.78, 5) is 19.1. The number of likely N-dealkylation sites (tertiary alicyclic amines) is 1. The van der Waals surface area contributed by atoms with E-state index < -0.39 is 0 Å². The standard InChI is InChI=1S/C15H26BrN3O/c1-13(16)12-18-5-3-14(4-6-18)11-15(20)19-9-7-17(2)8-10-19/h14H,1,3-12H2,2H3. The third-order valence-corrected chi connectivity index (χ3v) is 4.67. The molecule has 0 spiro atoms. The van der Waals surface area contributed by atoms with E-state index in [1.807, 2.05) is 4.90 Å². The van der Waals surface area contributed by atoms with Gasteiger partial charge in [0.25, 0.3) is 0 Å². The molecular formula is C15H26BrN3O. The lowest BCUT2D eigenvalue weighted by Crippen LogP contribution is -2.47. The van der Waals surface area contributed by atoms with Crippen LogP contribution < -0.4 is 0 Å². The van der Waals surface area contributed by atoms with E-state index in [1.165, 1.54) is 0 Å². The van der Waals surface area contributed by atoms with Gasteiger partial charge in [-0.25, -0.2) is 0 Å². The summed E-state index contributed by atoms with van der Waals surface area (Å²) in [6.45, 7) is 10.8. The van der Waals surface area contributed by atoms with E-state index in [1.54, 1.807) is 0 Å². The van der Waals surface area contributed by atoms with Crippen molar-refractivity contribution < 1.29 is 4.79 Å². The summed E-state index contributed by atoms with van der Waals surface area (Å²) in [7, 11) is 2.12. The van der Waals surface area contributed by atoms with Gasteiger partial charge in [0.2, 0.25) is 5.91 Å². The number of piperazine rings is 1. The number of halogens is 1. The lowest BCUT2D eigenvalue weighted by atomic mass is 9.93. The molecule has 0 radical (unpaired) electrons. The van der Waals surface area contributed by atoms with E-state index in [2.05, 4.69) is 39.4 Å². The Bertz CT molecular complexity index is 345. The normalized spacial score (nSPS) is 23.0. The molecule has 2 heterocycles. The van der Waals surface area contributed by atoms with E-state index in [0.29, 0.717) is 11.8 Å². The lowest BCUT2D eigenvalue weighted by Gasteiger charge is -2.35. The minimum absolute atomic E-state index is 0.362. The zero-order valence-electron chi connectivity index (χ0n) is 12.5. The third-order valence-electron chi connectivity index (χ3n) is 4.42. The number of amides is 1. The van der Waals surface area contributed by atoms with Gasteiger partial charge in [-0.05, 0) is 38.9 Å². The molecule has 2 saturated heterocycles. The highest BCUT2D eigenvalue weighted by atomic mass is 79.9. The van der Waals surface area contributed by atoms with Crippen LogP contribution in [0.3, 0.4) is 0 Å². The average Bonchev–Trinajstić information content (AvgIpc) is 2.41. The largest absolute Gasteiger partial charge is 0.340 e. The molecule has 0 unspecified atom stereocenters. The molecule has 0 saturated carbocycles. The fraction of sp³-hybridized carbons (Fsp3) is 0.800. The Morgan fingerprint density at radius 2 is 1.75 bits per heavy atom. The molecule has 0 aromatic rings. The van der Waals surface area contributed by atoms with Crippen LogP contribution in [-0.4, -0.2) is 73.5 Å². The van der Waals surface area contributed by atoms with Crippen molar-refractivity contribution >= 4 is 21.8 Å². The van der Waals surface area contributed by atoms with Gasteiger partial charge in [0.05, 0.1) is 0 Å². The second kappa shape index (κ2) is 7.57. The van der Waals surface area contributed by atoms with Crippen molar-refractivity contribution in [2.45, 2.75) is 19.3 Å². The molecule has 1 amide bonds. The predicted octanol–water partition coefficient (Wildman–Crippen LogP) is 1.77. The Balaban J connectivity index is 1.69. The molecule has 114 valence electrons. The number of hydrogen-bond donors (Lipinski definition) is 0. The fourth-order valence-electron chi connectivity index (χ4n) is 3.02. The number of rotatable bonds is 4. The molecule has 2 rings (SSSR count). The highest BCUT2D eigenvalue weighted by Gasteiger charge is 2.25. The Kier molecular flexibility index (Phi) is 6.05. The molecule has 2 aliphatic rings. The first-order valence-corrected chi connectivity index (χ1v) is 8.36. The zero-order valence-corrected chi connectivity index (χ0v) is 14.1. The van der Waals surface area contributed by atoms with Gasteiger partial charge in [0, 0.05) is 43.6 Å². The first-order chi connectivity index (χ1) is 9.54. The second-order valence-electron chi connectivity index (χ2n) is 6.12. The van der Waals surface area contributed by atoms with Gasteiger partial charge in [0.15, 0.2) is 0 Å². The molecule has 0 bridgehead atoms. The number of likely N-dealkylation sites (N-methyl/N-ethyl adjacent to an activating group) is 1. The molecule has 5 heteroatoms. The summed E-state index contributed by atoms with van der Waals surface area (Å²) in [5, 5.41) is 0. The predicted molar refractivity (Wildman–Crippen MR) is 85.9 cm³/mol. The van der Waals surface area contributed by atoms with Crippen LogP contribution in [0.1, 0.15) is 19.3 Å². The van der Waals surface area contributed by atoms with E-state index in [9.17, 15) is 4.79 Å². The molecule has 0 N–H and O–H groups in total. The lowest BCUT2D eigenvalue weighted by molar-refractivity contribution is -0.134. The third kappa shape index (κ3) is 4.86. The van der Waals surface area contributed by atoms with Crippen molar-refractivity contribution in [2.24, 2.45) is 5.92 Å². The molecule has 0 aliphatic carbocycles. The number of carbonyl (C=O) groups is 1. The van der Waals surface area contributed by atoms with Crippen LogP contribution in [0.5, 0.6) is 0 Å². The molecule has 2 aliphatic heterocycles. The molecular weight excluding hydrogens is 318 g/mol. The van der Waals surface area contributed by atoms with Gasteiger partial charge in [0.1, 0.15) is 0 Å². The van der Waals surface area contributed by atoms with Crippen molar-refractivity contribution in [3.8, 4) is 0 Å². The highest BCUT2D eigenvalue weighted by Crippen LogP contribution is 2.22. The first kappa shape index (κ1) is 16.0. The van der Waals surface area contributed by atoms with Gasteiger partial charge >= 0.3 is 0 Å². The van der Waals surface area contributed by atoms with E-state index in [0.717, 1.165) is 69.6 Å². The maximum atomic E-state index is 12.3. The Labute approximate surface area is 130 Å². The van der Waals surface area contributed by atoms with Gasteiger partial charge in [-0.15, -0.1) is 0 Å². The maximum absolute atomic E-state index is 12.3. The number of carbonyl (C=O) groups excluding carboxylic acids is 1. The van der Waals surface area contributed by atoms with Gasteiger partial charge in [-0.2, -0.15) is 0 Å². The highest BCUT2D eigenvalue weighted by molar-refractivity contribution is 9.11. The van der Waals surface area contributed by atoms with Crippen molar-refractivity contribution in [3.05, 3.63) is 11.1 Å². The van der Waals surface area contributed by atoms with Crippen LogP contribution in [0.25, 0.3) is 0 Å². The fourth-order valence-corrected chi connectivity index (χ4v) is 3.38. The smallest absolute Gasteiger partial charge is 0.222 e.